The number of likely N-dealkylation sites (tertiary alicyclic amines) is 1. The van der Waals surface area contributed by atoms with E-state index in [9.17, 15) is 14.4 Å². The van der Waals surface area contributed by atoms with Gasteiger partial charge in [0.25, 0.3) is 11.8 Å². The largest absolute Gasteiger partial charge is 0.353 e. The number of hydrogen-bond donors (Lipinski definition) is 2. The van der Waals surface area contributed by atoms with Crippen LogP contribution in [-0.2, 0) is 17.9 Å². The molecule has 0 saturated carbocycles. The Bertz CT molecular complexity index is 1040. The summed E-state index contributed by atoms with van der Waals surface area (Å²) in [4.78, 5) is 42.6. The summed E-state index contributed by atoms with van der Waals surface area (Å²) in [5, 5.41) is 9.99. The van der Waals surface area contributed by atoms with E-state index in [-0.39, 0.29) is 17.5 Å². The van der Waals surface area contributed by atoms with Crippen molar-refractivity contribution in [1.82, 2.24) is 30.2 Å². The van der Waals surface area contributed by atoms with Crippen molar-refractivity contribution in [3.63, 3.8) is 0 Å². The molecule has 1 aromatic heterocycles. The standard InChI is InChI=1S/C26H36N6O3/c1-19-7-9-21(10-8-19)18-31-14-6-15-32-23(26(31)35)17-22(29-32)25(34)28-20(2)24(33)27-11-16-30-12-4-3-5-13-30/h7-10,17,20H,3-6,11-16,18H2,1-2H3,(H,27,33)(H,28,34)/t20-/m1/s1. The number of rotatable bonds is 8. The fourth-order valence-electron chi connectivity index (χ4n) is 4.62. The Kier molecular flexibility index (Phi) is 8.17. The van der Waals surface area contributed by atoms with Gasteiger partial charge in [0, 0.05) is 38.8 Å². The van der Waals surface area contributed by atoms with E-state index in [0.29, 0.717) is 31.9 Å². The monoisotopic (exact) mass is 480 g/mol. The van der Waals surface area contributed by atoms with Crippen molar-refractivity contribution >= 4 is 17.7 Å². The van der Waals surface area contributed by atoms with Crippen LogP contribution >= 0.6 is 0 Å². The highest BCUT2D eigenvalue weighted by Crippen LogP contribution is 2.17. The number of piperidine rings is 1. The van der Waals surface area contributed by atoms with E-state index in [1.54, 1.807) is 16.5 Å². The molecule has 3 amide bonds. The first-order chi connectivity index (χ1) is 16.9. The molecule has 1 aromatic carbocycles. The first-order valence-corrected chi connectivity index (χ1v) is 12.6. The summed E-state index contributed by atoms with van der Waals surface area (Å²) in [5.74, 6) is -0.822. The smallest absolute Gasteiger partial charge is 0.272 e. The second kappa shape index (κ2) is 11.5. The van der Waals surface area contributed by atoms with Crippen molar-refractivity contribution in [2.24, 2.45) is 0 Å². The minimum Gasteiger partial charge on any atom is -0.353 e. The highest BCUT2D eigenvalue weighted by Gasteiger charge is 2.27. The van der Waals surface area contributed by atoms with Crippen LogP contribution in [0.25, 0.3) is 0 Å². The molecule has 2 aliphatic heterocycles. The third-order valence-electron chi connectivity index (χ3n) is 6.73. The molecule has 35 heavy (non-hydrogen) atoms. The predicted molar refractivity (Wildman–Crippen MR) is 133 cm³/mol. The quantitative estimate of drug-likeness (QED) is 0.602. The zero-order valence-electron chi connectivity index (χ0n) is 20.8. The molecule has 2 aliphatic rings. The molecular formula is C26H36N6O3. The Morgan fingerprint density at radius 2 is 1.77 bits per heavy atom. The van der Waals surface area contributed by atoms with Gasteiger partial charge in [-0.25, -0.2) is 0 Å². The van der Waals surface area contributed by atoms with Crippen LogP contribution in [-0.4, -0.2) is 76.1 Å². The molecule has 0 aliphatic carbocycles. The molecule has 0 bridgehead atoms. The lowest BCUT2D eigenvalue weighted by molar-refractivity contribution is -0.122. The highest BCUT2D eigenvalue weighted by molar-refractivity contribution is 5.99. The minimum atomic E-state index is -0.695. The normalized spacial score (nSPS) is 17.4. The topological polar surface area (TPSA) is 99.6 Å². The molecule has 1 saturated heterocycles. The van der Waals surface area contributed by atoms with E-state index >= 15 is 0 Å². The molecule has 9 heteroatoms. The number of aryl methyl sites for hydroxylation is 2. The number of nitrogens with zero attached hydrogens (tertiary/aromatic N) is 4. The lowest BCUT2D eigenvalue weighted by Crippen LogP contribution is -2.47. The zero-order chi connectivity index (χ0) is 24.8. The summed E-state index contributed by atoms with van der Waals surface area (Å²) in [6.07, 6.45) is 4.45. The molecule has 3 heterocycles. The molecule has 0 unspecified atom stereocenters. The van der Waals surface area contributed by atoms with Gasteiger partial charge < -0.3 is 20.4 Å². The van der Waals surface area contributed by atoms with Gasteiger partial charge >= 0.3 is 0 Å². The molecule has 0 radical (unpaired) electrons. The first-order valence-electron chi connectivity index (χ1n) is 12.6. The van der Waals surface area contributed by atoms with Gasteiger partial charge in [-0.15, -0.1) is 0 Å². The van der Waals surface area contributed by atoms with Crippen LogP contribution in [0.15, 0.2) is 30.3 Å². The second-order valence-electron chi connectivity index (χ2n) is 9.59. The van der Waals surface area contributed by atoms with Gasteiger partial charge in [0.15, 0.2) is 5.69 Å². The zero-order valence-corrected chi connectivity index (χ0v) is 20.8. The van der Waals surface area contributed by atoms with Crippen molar-refractivity contribution in [2.45, 2.75) is 58.7 Å². The fraction of sp³-hybridized carbons (Fsp3) is 0.538. The van der Waals surface area contributed by atoms with Crippen LogP contribution in [0.5, 0.6) is 0 Å². The minimum absolute atomic E-state index is 0.141. The van der Waals surface area contributed by atoms with E-state index < -0.39 is 11.9 Å². The average molecular weight is 481 g/mol. The van der Waals surface area contributed by atoms with E-state index in [1.165, 1.54) is 30.9 Å². The summed E-state index contributed by atoms with van der Waals surface area (Å²) in [6, 6.07) is 8.97. The molecule has 0 spiro atoms. The predicted octanol–water partition coefficient (Wildman–Crippen LogP) is 1.96. The van der Waals surface area contributed by atoms with Gasteiger partial charge in [0.2, 0.25) is 5.91 Å². The van der Waals surface area contributed by atoms with E-state index in [1.807, 2.05) is 31.2 Å². The maximum absolute atomic E-state index is 13.2. The number of amides is 3. The number of carbonyl (C=O) groups excluding carboxylic acids is 3. The number of fused-ring (bicyclic) bond motifs is 1. The fourth-order valence-corrected chi connectivity index (χ4v) is 4.62. The van der Waals surface area contributed by atoms with Crippen LogP contribution in [0.1, 0.15) is 64.7 Å². The molecule has 9 nitrogen and oxygen atoms in total. The van der Waals surface area contributed by atoms with Crippen molar-refractivity contribution < 1.29 is 14.4 Å². The summed E-state index contributed by atoms with van der Waals surface area (Å²) in [6.45, 7) is 8.93. The Hall–Kier alpha value is -3.20. The Balaban J connectivity index is 1.32. The first kappa shape index (κ1) is 24.9. The van der Waals surface area contributed by atoms with Crippen LogP contribution in [0, 0.1) is 6.92 Å². The van der Waals surface area contributed by atoms with Gasteiger partial charge in [-0.2, -0.15) is 5.10 Å². The number of carbonyl (C=O) groups is 3. The third-order valence-corrected chi connectivity index (χ3v) is 6.73. The summed E-state index contributed by atoms with van der Waals surface area (Å²) in [5.41, 5.74) is 2.79. The molecule has 1 fully saturated rings. The molecule has 2 N–H and O–H groups in total. The maximum atomic E-state index is 13.2. The van der Waals surface area contributed by atoms with Crippen LogP contribution in [0.4, 0.5) is 0 Å². The molecular weight excluding hydrogens is 444 g/mol. The summed E-state index contributed by atoms with van der Waals surface area (Å²) < 4.78 is 1.61. The summed E-state index contributed by atoms with van der Waals surface area (Å²) >= 11 is 0. The van der Waals surface area contributed by atoms with Crippen molar-refractivity contribution in [3.8, 4) is 0 Å². The molecule has 2 aromatic rings. The number of aromatic nitrogens is 2. The molecule has 4 rings (SSSR count). The van der Waals surface area contributed by atoms with Crippen LogP contribution in [0.3, 0.4) is 0 Å². The van der Waals surface area contributed by atoms with Crippen molar-refractivity contribution in [2.75, 3.05) is 32.7 Å². The molecule has 1 atom stereocenters. The Morgan fingerprint density at radius 1 is 1.03 bits per heavy atom. The SMILES string of the molecule is Cc1ccc(CN2CCCn3nc(C(=O)N[C@H](C)C(=O)NCCN4CCCCC4)cc3C2=O)cc1. The van der Waals surface area contributed by atoms with Crippen LogP contribution in [0.2, 0.25) is 0 Å². The van der Waals surface area contributed by atoms with Gasteiger partial charge in [-0.3, -0.25) is 19.1 Å². The summed E-state index contributed by atoms with van der Waals surface area (Å²) in [7, 11) is 0. The van der Waals surface area contributed by atoms with Gasteiger partial charge in [-0.1, -0.05) is 36.2 Å². The highest BCUT2D eigenvalue weighted by atomic mass is 16.2. The average Bonchev–Trinajstić information content (AvgIpc) is 3.23. The lowest BCUT2D eigenvalue weighted by atomic mass is 10.1. The number of benzene rings is 1. The molecule has 188 valence electrons. The second-order valence-corrected chi connectivity index (χ2v) is 9.59. The van der Waals surface area contributed by atoms with Gasteiger partial charge in [-0.05, 0) is 51.8 Å². The van der Waals surface area contributed by atoms with Gasteiger partial charge in [0.05, 0.1) is 0 Å². The Labute approximate surface area is 206 Å². The van der Waals surface area contributed by atoms with E-state index in [2.05, 4.69) is 20.6 Å². The maximum Gasteiger partial charge on any atom is 0.272 e. The Morgan fingerprint density at radius 3 is 2.51 bits per heavy atom. The van der Waals surface area contributed by atoms with E-state index in [0.717, 1.165) is 31.6 Å². The lowest BCUT2D eigenvalue weighted by Gasteiger charge is -2.26. The van der Waals surface area contributed by atoms with Gasteiger partial charge in [0.1, 0.15) is 11.7 Å². The number of hydrogen-bond acceptors (Lipinski definition) is 5. The van der Waals surface area contributed by atoms with E-state index in [4.69, 9.17) is 0 Å². The van der Waals surface area contributed by atoms with Crippen LogP contribution < -0.4 is 10.6 Å². The van der Waals surface area contributed by atoms with Crippen molar-refractivity contribution in [3.05, 3.63) is 52.8 Å². The number of nitrogens with one attached hydrogen (secondary N) is 2. The van der Waals surface area contributed by atoms with Crippen molar-refractivity contribution in [1.29, 1.82) is 0 Å². The third kappa shape index (κ3) is 6.48.